The average Bonchev–Trinajstić information content (AvgIpc) is 2.85. The molecule has 1 heterocycles. The molecule has 38 heavy (non-hydrogen) atoms. The van der Waals surface area contributed by atoms with Gasteiger partial charge in [0.2, 0.25) is 17.7 Å². The Morgan fingerprint density at radius 2 is 1.76 bits per heavy atom. The van der Waals surface area contributed by atoms with Crippen LogP contribution in [0.2, 0.25) is 0 Å². The predicted octanol–water partition coefficient (Wildman–Crippen LogP) is 2.77. The van der Waals surface area contributed by atoms with Crippen molar-refractivity contribution < 1.29 is 19.5 Å². The second kappa shape index (κ2) is 13.6. The van der Waals surface area contributed by atoms with Gasteiger partial charge in [-0.2, -0.15) is 0 Å². The number of amides is 3. The summed E-state index contributed by atoms with van der Waals surface area (Å²) in [6.45, 7) is 8.86. The molecule has 3 amide bonds. The number of nitrogens with zero attached hydrogens (tertiary/aromatic N) is 1. The topological polar surface area (TPSA) is 125 Å². The van der Waals surface area contributed by atoms with Crippen LogP contribution in [0.1, 0.15) is 78.2 Å². The van der Waals surface area contributed by atoms with Crippen molar-refractivity contribution in [2.75, 3.05) is 13.1 Å². The molecule has 1 aromatic rings. The van der Waals surface area contributed by atoms with Crippen molar-refractivity contribution in [1.29, 1.82) is 0 Å². The summed E-state index contributed by atoms with van der Waals surface area (Å²) in [5, 5.41) is 17.7. The standard InChI is InChI=1S/C30H48N4O4/c1-5-21(17-27(31)36)28(37)32-24(15-20-11-7-6-8-12-20)26(35)19-34-18-23-14-10-9-13-22(23)16-25(34)29(38)33-30(2,3)4/h6-8,11-12,21-26,35H,5,9-10,13-19H2,1-4H3,(H2,31,36)(H,32,37)(H,33,38). The summed E-state index contributed by atoms with van der Waals surface area (Å²) in [7, 11) is 0. The zero-order valence-electron chi connectivity index (χ0n) is 23.6. The second-order valence-electron chi connectivity index (χ2n) is 12.4. The van der Waals surface area contributed by atoms with E-state index in [0.29, 0.717) is 24.7 Å². The van der Waals surface area contributed by atoms with Gasteiger partial charge in [0.15, 0.2) is 0 Å². The van der Waals surface area contributed by atoms with Crippen LogP contribution < -0.4 is 16.4 Å². The number of hydrogen-bond acceptors (Lipinski definition) is 5. The Bertz CT molecular complexity index is 932. The van der Waals surface area contributed by atoms with E-state index >= 15 is 0 Å². The van der Waals surface area contributed by atoms with Gasteiger partial charge in [-0.3, -0.25) is 19.3 Å². The molecule has 1 aromatic carbocycles. The highest BCUT2D eigenvalue weighted by molar-refractivity contribution is 5.85. The summed E-state index contributed by atoms with van der Waals surface area (Å²) in [6, 6.07) is 8.86. The van der Waals surface area contributed by atoms with Crippen molar-refractivity contribution in [2.45, 2.75) is 103 Å². The number of nitrogens with one attached hydrogen (secondary N) is 2. The number of carbonyl (C=O) groups excluding carboxylic acids is 3. The first-order valence-electron chi connectivity index (χ1n) is 14.3. The number of fused-ring (bicyclic) bond motifs is 1. The molecule has 2 fully saturated rings. The molecule has 0 aromatic heterocycles. The Morgan fingerprint density at radius 1 is 1.11 bits per heavy atom. The van der Waals surface area contributed by atoms with Gasteiger partial charge in [0, 0.05) is 31.0 Å². The van der Waals surface area contributed by atoms with E-state index in [1.54, 1.807) is 0 Å². The Kier molecular flexibility index (Phi) is 10.7. The van der Waals surface area contributed by atoms with E-state index in [-0.39, 0.29) is 36.4 Å². The van der Waals surface area contributed by atoms with E-state index in [9.17, 15) is 19.5 Å². The molecule has 8 nitrogen and oxygen atoms in total. The van der Waals surface area contributed by atoms with Crippen molar-refractivity contribution in [3.63, 3.8) is 0 Å². The smallest absolute Gasteiger partial charge is 0.237 e. The van der Waals surface area contributed by atoms with Gasteiger partial charge in [0.05, 0.1) is 18.2 Å². The maximum atomic E-state index is 13.4. The molecule has 6 unspecified atom stereocenters. The van der Waals surface area contributed by atoms with E-state index in [2.05, 4.69) is 15.5 Å². The lowest BCUT2D eigenvalue weighted by Crippen LogP contribution is -2.60. The van der Waals surface area contributed by atoms with E-state index in [1.165, 1.54) is 12.8 Å². The minimum absolute atomic E-state index is 0.00451. The Hall–Kier alpha value is -2.45. The van der Waals surface area contributed by atoms with Crippen LogP contribution in [0, 0.1) is 17.8 Å². The third kappa shape index (κ3) is 8.80. The highest BCUT2D eigenvalue weighted by Gasteiger charge is 2.42. The third-order valence-corrected chi connectivity index (χ3v) is 8.13. The number of carbonyl (C=O) groups is 3. The molecule has 8 heteroatoms. The molecule has 6 atom stereocenters. The number of likely N-dealkylation sites (tertiary alicyclic amines) is 1. The molecule has 1 saturated heterocycles. The normalized spacial score (nSPS) is 24.5. The number of primary amides is 1. The minimum Gasteiger partial charge on any atom is -0.390 e. The van der Waals surface area contributed by atoms with E-state index < -0.39 is 24.0 Å². The Labute approximate surface area is 228 Å². The van der Waals surface area contributed by atoms with E-state index in [0.717, 1.165) is 31.4 Å². The average molecular weight is 529 g/mol. The molecular formula is C30H48N4O4. The number of aliphatic hydroxyl groups excluding tert-OH is 1. The zero-order chi connectivity index (χ0) is 27.9. The maximum absolute atomic E-state index is 13.4. The first kappa shape index (κ1) is 30.1. The lowest BCUT2D eigenvalue weighted by Gasteiger charge is -2.47. The number of benzene rings is 1. The number of hydrogen-bond donors (Lipinski definition) is 4. The van der Waals surface area contributed by atoms with Crippen LogP contribution in [-0.2, 0) is 20.8 Å². The molecule has 1 saturated carbocycles. The fourth-order valence-corrected chi connectivity index (χ4v) is 6.11. The predicted molar refractivity (Wildman–Crippen MR) is 149 cm³/mol. The molecule has 1 aliphatic heterocycles. The largest absolute Gasteiger partial charge is 0.390 e. The number of β-amino-alcohol motifs (C(OH)–C–C–N with tert-alkyl or cyclic N) is 1. The van der Waals surface area contributed by atoms with Gasteiger partial charge in [0.25, 0.3) is 0 Å². The van der Waals surface area contributed by atoms with Gasteiger partial charge in [-0.1, -0.05) is 56.5 Å². The van der Waals surface area contributed by atoms with Crippen molar-refractivity contribution in [2.24, 2.45) is 23.5 Å². The van der Waals surface area contributed by atoms with Crippen LogP contribution in [0.3, 0.4) is 0 Å². The van der Waals surface area contributed by atoms with Gasteiger partial charge >= 0.3 is 0 Å². The van der Waals surface area contributed by atoms with Crippen molar-refractivity contribution in [1.82, 2.24) is 15.5 Å². The lowest BCUT2D eigenvalue weighted by atomic mass is 9.72. The van der Waals surface area contributed by atoms with E-state index in [4.69, 9.17) is 5.73 Å². The molecule has 0 spiro atoms. The Morgan fingerprint density at radius 3 is 2.37 bits per heavy atom. The first-order chi connectivity index (χ1) is 18.0. The molecular weight excluding hydrogens is 480 g/mol. The van der Waals surface area contributed by atoms with Gasteiger partial charge in [0.1, 0.15) is 0 Å². The summed E-state index contributed by atoms with van der Waals surface area (Å²) in [5.41, 5.74) is 6.02. The molecule has 0 radical (unpaired) electrons. The molecule has 212 valence electrons. The van der Waals surface area contributed by atoms with Crippen molar-refractivity contribution in [3.05, 3.63) is 35.9 Å². The molecule has 2 aliphatic rings. The maximum Gasteiger partial charge on any atom is 0.237 e. The zero-order valence-corrected chi connectivity index (χ0v) is 23.6. The summed E-state index contributed by atoms with van der Waals surface area (Å²) in [4.78, 5) is 40.2. The number of nitrogens with two attached hydrogens (primary N) is 1. The quantitative estimate of drug-likeness (QED) is 0.352. The minimum atomic E-state index is -0.893. The highest BCUT2D eigenvalue weighted by atomic mass is 16.3. The van der Waals surface area contributed by atoms with Crippen LogP contribution in [0.5, 0.6) is 0 Å². The molecule has 0 bridgehead atoms. The van der Waals surface area contributed by atoms with Gasteiger partial charge in [-0.25, -0.2) is 0 Å². The van der Waals surface area contributed by atoms with Crippen LogP contribution in [0.4, 0.5) is 0 Å². The monoisotopic (exact) mass is 528 g/mol. The molecule has 1 aliphatic carbocycles. The van der Waals surface area contributed by atoms with Gasteiger partial charge in [-0.05, 0) is 63.9 Å². The van der Waals surface area contributed by atoms with Crippen LogP contribution in [-0.4, -0.2) is 64.5 Å². The van der Waals surface area contributed by atoms with Crippen LogP contribution in [0.15, 0.2) is 30.3 Å². The van der Waals surface area contributed by atoms with Gasteiger partial charge in [-0.15, -0.1) is 0 Å². The lowest BCUT2D eigenvalue weighted by molar-refractivity contribution is -0.133. The summed E-state index contributed by atoms with van der Waals surface area (Å²) < 4.78 is 0. The highest BCUT2D eigenvalue weighted by Crippen LogP contribution is 2.39. The number of aliphatic hydroxyl groups is 1. The first-order valence-corrected chi connectivity index (χ1v) is 14.3. The fourth-order valence-electron chi connectivity index (χ4n) is 6.11. The van der Waals surface area contributed by atoms with E-state index in [1.807, 2.05) is 58.0 Å². The third-order valence-electron chi connectivity index (χ3n) is 8.13. The SMILES string of the molecule is CCC(CC(N)=O)C(=O)NC(Cc1ccccc1)C(O)CN1CC2CCCCC2CC1C(=O)NC(C)(C)C. The van der Waals surface area contributed by atoms with Crippen molar-refractivity contribution >= 4 is 17.7 Å². The summed E-state index contributed by atoms with van der Waals surface area (Å²) in [5.74, 6) is -0.274. The Balaban J connectivity index is 1.80. The van der Waals surface area contributed by atoms with Crippen molar-refractivity contribution in [3.8, 4) is 0 Å². The summed E-state index contributed by atoms with van der Waals surface area (Å²) >= 11 is 0. The summed E-state index contributed by atoms with van der Waals surface area (Å²) in [6.07, 6.45) is 5.54. The van der Waals surface area contributed by atoms with Crippen LogP contribution >= 0.6 is 0 Å². The number of rotatable bonds is 11. The fraction of sp³-hybridized carbons (Fsp3) is 0.700. The molecule has 5 N–H and O–H groups in total. The van der Waals surface area contributed by atoms with Gasteiger partial charge < -0.3 is 21.5 Å². The molecule has 3 rings (SSSR count). The second-order valence-corrected chi connectivity index (χ2v) is 12.4. The van der Waals surface area contributed by atoms with Crippen LogP contribution in [0.25, 0.3) is 0 Å². The number of piperidine rings is 1.